The van der Waals surface area contributed by atoms with Gasteiger partial charge >= 0.3 is 0 Å². The van der Waals surface area contributed by atoms with Crippen molar-refractivity contribution in [2.24, 2.45) is 0 Å². The van der Waals surface area contributed by atoms with Crippen LogP contribution in [0.15, 0.2) is 425 Å². The summed E-state index contributed by atoms with van der Waals surface area (Å²) >= 11 is 0. The van der Waals surface area contributed by atoms with Crippen LogP contribution in [0.25, 0.3) is 221 Å². The minimum Gasteiger partial charge on any atom is -0.292 e. The van der Waals surface area contributed by atoms with E-state index in [0.29, 0.717) is 0 Å². The van der Waals surface area contributed by atoms with Crippen molar-refractivity contribution >= 4 is 86.7 Å². The van der Waals surface area contributed by atoms with Crippen LogP contribution in [-0.4, -0.2) is 19.1 Å². The standard InChI is InChI=1S/C110H70N4/c1-5-27-73(28-6-1)85-39-15-17-41-89(85)105-93-43-19-21-45-95(93)107(90-42-18-16-40-86(90)74-29-7-2-8-30-74)99-68-79(60-64-97(99)105)72-53-57-77(58-54-72)110-112-102-66-62-81(70-104(102)114(110)84-36-11-4-12-37-84)78-59-63-88-82(67-78)33-26-48-92(88)108-96-46-22-20-44-94(96)106(91-47-25-32-75-31-13-14-38-87(75)91)98-65-61-80(69-100(98)108)71-51-55-76(56-52-71)109-111-101-49-23-24-50-103(101)113(109)83-34-9-3-10-35-83/h1-70H. The highest BCUT2D eigenvalue weighted by Gasteiger charge is 2.26. The number of para-hydroxylation sites is 4. The van der Waals surface area contributed by atoms with Crippen LogP contribution in [0.5, 0.6) is 0 Å². The Kier molecular flexibility index (Phi) is 15.9. The first kappa shape index (κ1) is 65.9. The molecule has 0 spiro atoms. The van der Waals surface area contributed by atoms with Crippen molar-refractivity contribution in [3.05, 3.63) is 425 Å². The third-order valence-corrected chi connectivity index (χ3v) is 23.3. The zero-order valence-electron chi connectivity index (χ0n) is 62.2. The fraction of sp³-hybridized carbons (Fsp3) is 0. The minimum atomic E-state index is 0.876. The average molecular weight is 1450 g/mol. The van der Waals surface area contributed by atoms with Crippen molar-refractivity contribution in [1.82, 2.24) is 19.1 Å². The van der Waals surface area contributed by atoms with Gasteiger partial charge < -0.3 is 0 Å². The molecule has 22 aromatic rings. The molecule has 0 bridgehead atoms. The molecule has 0 radical (unpaired) electrons. The molecule has 2 aromatic heterocycles. The molecule has 20 aromatic carbocycles. The summed E-state index contributed by atoms with van der Waals surface area (Å²) in [6.45, 7) is 0. The predicted molar refractivity (Wildman–Crippen MR) is 481 cm³/mol. The van der Waals surface area contributed by atoms with Gasteiger partial charge in [0.2, 0.25) is 0 Å². The summed E-state index contributed by atoms with van der Waals surface area (Å²) in [5, 5.41) is 14.4. The summed E-state index contributed by atoms with van der Waals surface area (Å²) < 4.78 is 4.61. The molecule has 0 aliphatic heterocycles. The van der Waals surface area contributed by atoms with Gasteiger partial charge in [-0.3, -0.25) is 9.13 Å². The van der Waals surface area contributed by atoms with Gasteiger partial charge in [0.1, 0.15) is 11.6 Å². The average Bonchev–Trinajstić information content (AvgIpc) is 1.01. The molecule has 0 saturated heterocycles. The van der Waals surface area contributed by atoms with Crippen molar-refractivity contribution < 1.29 is 0 Å². The van der Waals surface area contributed by atoms with Crippen LogP contribution in [0.4, 0.5) is 0 Å². The van der Waals surface area contributed by atoms with E-state index >= 15 is 0 Å². The molecule has 530 valence electrons. The number of nitrogens with zero attached hydrogens (tertiary/aromatic N) is 4. The molecule has 0 aliphatic carbocycles. The van der Waals surface area contributed by atoms with E-state index in [2.05, 4.69) is 434 Å². The largest absolute Gasteiger partial charge is 0.292 e. The molecule has 4 heteroatoms. The van der Waals surface area contributed by atoms with Crippen LogP contribution in [-0.2, 0) is 0 Å². The summed E-state index contributed by atoms with van der Waals surface area (Å²) in [5.74, 6) is 1.79. The quantitative estimate of drug-likeness (QED) is 0.108. The van der Waals surface area contributed by atoms with E-state index in [0.717, 1.165) is 95.0 Å². The molecule has 0 atom stereocenters. The maximum Gasteiger partial charge on any atom is 0.145 e. The zero-order chi connectivity index (χ0) is 75.2. The fourth-order valence-corrected chi connectivity index (χ4v) is 18.1. The van der Waals surface area contributed by atoms with Gasteiger partial charge in [0.15, 0.2) is 0 Å². The van der Waals surface area contributed by atoms with Gasteiger partial charge in [0, 0.05) is 22.5 Å². The van der Waals surface area contributed by atoms with Crippen LogP contribution in [0.3, 0.4) is 0 Å². The molecule has 0 saturated carbocycles. The summed E-state index contributed by atoms with van der Waals surface area (Å²) in [5.41, 5.74) is 29.4. The smallest absolute Gasteiger partial charge is 0.145 e. The van der Waals surface area contributed by atoms with E-state index < -0.39 is 0 Å². The molecular weight excluding hydrogens is 1380 g/mol. The molecule has 0 fully saturated rings. The third-order valence-electron chi connectivity index (χ3n) is 23.3. The SMILES string of the molecule is c1ccc(-c2ccccc2-c2c3ccccc3c(-c3ccccc3-c3ccccc3)c3cc(-c4ccc(-c5nc6ccc(-c7ccc8c(-c9c%10ccccc%10c(-c%10cccc%11ccccc%10%11)c%10ccc(-c%11ccc(-c%12nc%13ccccc%13n%12-c%12ccccc%12)cc%11)cc9%10)cccc8c7)cc6n5-c5ccccc5)cc4)ccc23)cc1. The lowest BCUT2D eigenvalue weighted by Crippen LogP contribution is -1.97. The summed E-state index contributed by atoms with van der Waals surface area (Å²) in [7, 11) is 0. The first-order valence-corrected chi connectivity index (χ1v) is 39.2. The van der Waals surface area contributed by atoms with Gasteiger partial charge in [-0.25, -0.2) is 9.97 Å². The fourth-order valence-electron chi connectivity index (χ4n) is 18.1. The summed E-state index contributed by atoms with van der Waals surface area (Å²) in [6.07, 6.45) is 0. The van der Waals surface area contributed by atoms with Gasteiger partial charge in [0.05, 0.1) is 22.1 Å². The number of rotatable bonds is 13. The predicted octanol–water partition coefficient (Wildman–Crippen LogP) is 29.6. The monoisotopic (exact) mass is 1450 g/mol. The topological polar surface area (TPSA) is 35.6 Å². The highest BCUT2D eigenvalue weighted by Crippen LogP contribution is 2.52. The van der Waals surface area contributed by atoms with Crippen molar-refractivity contribution in [1.29, 1.82) is 0 Å². The molecule has 0 aliphatic rings. The van der Waals surface area contributed by atoms with Gasteiger partial charge in [-0.15, -0.1) is 0 Å². The van der Waals surface area contributed by atoms with Gasteiger partial charge in [-0.2, -0.15) is 0 Å². The first-order valence-electron chi connectivity index (χ1n) is 39.2. The molecule has 114 heavy (non-hydrogen) atoms. The van der Waals surface area contributed by atoms with Gasteiger partial charge in [-0.05, 0) is 232 Å². The van der Waals surface area contributed by atoms with Crippen LogP contribution in [0.1, 0.15) is 0 Å². The Labute approximate surface area is 660 Å². The second-order valence-corrected chi connectivity index (χ2v) is 29.8. The zero-order valence-corrected chi connectivity index (χ0v) is 62.2. The second kappa shape index (κ2) is 27.5. The van der Waals surface area contributed by atoms with Crippen LogP contribution < -0.4 is 0 Å². The highest BCUT2D eigenvalue weighted by atomic mass is 15.1. The van der Waals surface area contributed by atoms with Gasteiger partial charge in [0.25, 0.3) is 0 Å². The lowest BCUT2D eigenvalue weighted by molar-refractivity contribution is 1.10. The normalized spacial score (nSPS) is 11.7. The lowest BCUT2D eigenvalue weighted by atomic mass is 9.81. The number of fused-ring (bicyclic) bond motifs is 8. The highest BCUT2D eigenvalue weighted by molar-refractivity contribution is 6.27. The Hall–Kier alpha value is -15.1. The number of imidazole rings is 2. The van der Waals surface area contributed by atoms with E-state index in [9.17, 15) is 0 Å². The Morgan fingerprint density at radius 3 is 1.00 bits per heavy atom. The Bertz CT molecular complexity index is 7540. The molecule has 2 heterocycles. The van der Waals surface area contributed by atoms with Crippen LogP contribution in [0.2, 0.25) is 0 Å². The van der Waals surface area contributed by atoms with Gasteiger partial charge in [-0.1, -0.05) is 358 Å². The molecule has 0 N–H and O–H groups in total. The minimum absolute atomic E-state index is 0.876. The van der Waals surface area contributed by atoms with Crippen molar-refractivity contribution in [2.75, 3.05) is 0 Å². The maximum atomic E-state index is 5.52. The number of benzene rings is 20. The third kappa shape index (κ3) is 11.1. The number of aromatic nitrogens is 4. The maximum absolute atomic E-state index is 5.52. The summed E-state index contributed by atoms with van der Waals surface area (Å²) in [6, 6.07) is 156. The van der Waals surface area contributed by atoms with E-state index in [1.807, 2.05) is 0 Å². The van der Waals surface area contributed by atoms with Crippen molar-refractivity contribution in [3.63, 3.8) is 0 Å². The van der Waals surface area contributed by atoms with Crippen LogP contribution >= 0.6 is 0 Å². The molecule has 4 nitrogen and oxygen atoms in total. The van der Waals surface area contributed by atoms with Crippen molar-refractivity contribution in [2.45, 2.75) is 0 Å². The van der Waals surface area contributed by atoms with E-state index in [1.165, 1.54) is 126 Å². The van der Waals surface area contributed by atoms with E-state index in [1.54, 1.807) is 0 Å². The first-order chi connectivity index (χ1) is 56.6. The molecule has 0 amide bonds. The van der Waals surface area contributed by atoms with E-state index in [-0.39, 0.29) is 0 Å². The lowest BCUT2D eigenvalue weighted by Gasteiger charge is -2.22. The van der Waals surface area contributed by atoms with Crippen LogP contribution in [0, 0.1) is 0 Å². The Morgan fingerprint density at radius 1 is 0.158 bits per heavy atom. The molecule has 0 unspecified atom stereocenters. The molecular formula is C110H70N4. The van der Waals surface area contributed by atoms with Crippen molar-refractivity contribution in [3.8, 4) is 134 Å². The Balaban J connectivity index is 0.656. The summed E-state index contributed by atoms with van der Waals surface area (Å²) in [4.78, 5) is 10.7. The van der Waals surface area contributed by atoms with E-state index in [4.69, 9.17) is 9.97 Å². The Morgan fingerprint density at radius 2 is 0.474 bits per heavy atom. The second-order valence-electron chi connectivity index (χ2n) is 29.8. The number of hydrogen-bond acceptors (Lipinski definition) is 2. The number of hydrogen-bond donors (Lipinski definition) is 0. The molecule has 22 rings (SSSR count).